The van der Waals surface area contributed by atoms with Crippen LogP contribution in [-0.2, 0) is 11.3 Å². The fourth-order valence-corrected chi connectivity index (χ4v) is 4.05. The van der Waals surface area contributed by atoms with Crippen LogP contribution in [0.1, 0.15) is 25.7 Å². The number of rotatable bonds is 5. The maximum atomic E-state index is 12.5. The molecule has 0 spiro atoms. The summed E-state index contributed by atoms with van der Waals surface area (Å²) in [5.41, 5.74) is 1.46. The van der Waals surface area contributed by atoms with E-state index in [-0.39, 0.29) is 17.2 Å². The first-order chi connectivity index (χ1) is 14.6. The zero-order chi connectivity index (χ0) is 20.9. The molecule has 0 aromatic carbocycles. The maximum absolute atomic E-state index is 12.5. The Morgan fingerprint density at radius 1 is 1.03 bits per heavy atom. The van der Waals surface area contributed by atoms with Crippen molar-refractivity contribution < 1.29 is 19.1 Å². The molecule has 0 aliphatic heterocycles. The minimum absolute atomic E-state index is 0.0212. The van der Waals surface area contributed by atoms with E-state index in [4.69, 9.17) is 4.74 Å². The molecule has 4 aromatic heterocycles. The van der Waals surface area contributed by atoms with E-state index >= 15 is 0 Å². The van der Waals surface area contributed by atoms with Gasteiger partial charge in [-0.2, -0.15) is 0 Å². The normalized spacial score (nSPS) is 10.5. The standard InChI is InChI=1S/C19H13N5O4S2/c25-15(24-19(27)28-10-11-2-1-5-20-8-11)12-4-7-29-17(12)23-16(26)18-22-13-9-21-6-3-14(13)30-18/h1-9H,10H2,(H,23,26)(H,24,25,27). The Balaban J connectivity index is 1.39. The number of hydrogen-bond acceptors (Lipinski definition) is 9. The van der Waals surface area contributed by atoms with Crippen molar-refractivity contribution in [3.05, 3.63) is 70.6 Å². The lowest BCUT2D eigenvalue weighted by molar-refractivity contribution is 0.0913. The van der Waals surface area contributed by atoms with Gasteiger partial charge in [-0.1, -0.05) is 6.07 Å². The number of hydrogen-bond donors (Lipinski definition) is 2. The lowest BCUT2D eigenvalue weighted by Gasteiger charge is -2.07. The molecular formula is C19H13N5O4S2. The summed E-state index contributed by atoms with van der Waals surface area (Å²) in [5, 5.41) is 6.98. The topological polar surface area (TPSA) is 123 Å². The second-order valence-electron chi connectivity index (χ2n) is 5.87. The van der Waals surface area contributed by atoms with Crippen LogP contribution in [0.15, 0.2) is 54.4 Å². The van der Waals surface area contributed by atoms with E-state index in [2.05, 4.69) is 25.6 Å². The summed E-state index contributed by atoms with van der Waals surface area (Å²) in [6.45, 7) is -0.0212. The number of alkyl carbamates (subject to hydrolysis) is 1. The minimum atomic E-state index is -0.897. The smallest absolute Gasteiger partial charge is 0.414 e. The molecule has 2 N–H and O–H groups in total. The first-order valence-corrected chi connectivity index (χ1v) is 10.3. The highest BCUT2D eigenvalue weighted by atomic mass is 32.1. The number of imide groups is 1. The number of thiophene rings is 1. The van der Waals surface area contributed by atoms with Gasteiger partial charge in [-0.3, -0.25) is 24.9 Å². The Morgan fingerprint density at radius 3 is 2.70 bits per heavy atom. The lowest BCUT2D eigenvalue weighted by atomic mass is 10.3. The van der Waals surface area contributed by atoms with Crippen LogP contribution < -0.4 is 10.6 Å². The van der Waals surface area contributed by atoms with Crippen LogP contribution in [0.25, 0.3) is 10.2 Å². The lowest BCUT2D eigenvalue weighted by Crippen LogP contribution is -2.31. The van der Waals surface area contributed by atoms with Gasteiger partial charge >= 0.3 is 6.09 Å². The number of fused-ring (bicyclic) bond motifs is 1. The summed E-state index contributed by atoms with van der Waals surface area (Å²) >= 11 is 2.37. The van der Waals surface area contributed by atoms with E-state index in [1.165, 1.54) is 17.4 Å². The average Bonchev–Trinajstić information content (AvgIpc) is 3.40. The van der Waals surface area contributed by atoms with Crippen LogP contribution in [0.2, 0.25) is 0 Å². The van der Waals surface area contributed by atoms with E-state index in [0.29, 0.717) is 16.1 Å². The van der Waals surface area contributed by atoms with Gasteiger partial charge in [-0.15, -0.1) is 22.7 Å². The van der Waals surface area contributed by atoms with Crippen molar-refractivity contribution in [2.45, 2.75) is 6.61 Å². The van der Waals surface area contributed by atoms with Gasteiger partial charge in [0.05, 0.1) is 16.5 Å². The Labute approximate surface area is 177 Å². The second-order valence-corrected chi connectivity index (χ2v) is 7.82. The van der Waals surface area contributed by atoms with Crippen molar-refractivity contribution in [3.8, 4) is 0 Å². The Kier molecular flexibility index (Phi) is 5.72. The van der Waals surface area contributed by atoms with Crippen molar-refractivity contribution in [1.82, 2.24) is 20.3 Å². The fourth-order valence-electron chi connectivity index (χ4n) is 2.45. The number of aromatic nitrogens is 3. The molecule has 0 saturated carbocycles. The molecule has 0 aliphatic carbocycles. The Bertz CT molecular complexity index is 1190. The summed E-state index contributed by atoms with van der Waals surface area (Å²) in [5.74, 6) is -1.14. The molecule has 4 rings (SSSR count). The molecule has 11 heteroatoms. The number of carbonyl (C=O) groups is 3. The molecule has 3 amide bonds. The summed E-state index contributed by atoms with van der Waals surface area (Å²) in [7, 11) is 0. The first-order valence-electron chi connectivity index (χ1n) is 8.56. The molecular weight excluding hydrogens is 426 g/mol. The quantitative estimate of drug-likeness (QED) is 0.488. The summed E-state index contributed by atoms with van der Waals surface area (Å²) in [6.07, 6.45) is 5.46. The fraction of sp³-hybridized carbons (Fsp3) is 0.0526. The van der Waals surface area contributed by atoms with Gasteiger partial charge < -0.3 is 10.1 Å². The molecule has 9 nitrogen and oxygen atoms in total. The zero-order valence-electron chi connectivity index (χ0n) is 15.2. The van der Waals surface area contributed by atoms with Crippen LogP contribution >= 0.6 is 22.7 Å². The number of nitrogens with one attached hydrogen (secondary N) is 2. The third-order valence-corrected chi connectivity index (χ3v) is 5.69. The van der Waals surface area contributed by atoms with E-state index < -0.39 is 17.9 Å². The molecule has 0 unspecified atom stereocenters. The number of amides is 3. The van der Waals surface area contributed by atoms with E-state index in [9.17, 15) is 14.4 Å². The van der Waals surface area contributed by atoms with Crippen LogP contribution in [0.4, 0.5) is 9.80 Å². The van der Waals surface area contributed by atoms with Gasteiger partial charge in [0.1, 0.15) is 17.1 Å². The minimum Gasteiger partial charge on any atom is -0.444 e. The molecule has 30 heavy (non-hydrogen) atoms. The molecule has 0 radical (unpaired) electrons. The number of pyridine rings is 2. The number of ether oxygens (including phenoxy) is 1. The maximum Gasteiger partial charge on any atom is 0.414 e. The number of thiazole rings is 1. The number of anilines is 1. The SMILES string of the molecule is O=C(NC(=O)c1ccsc1NC(=O)c1nc2cnccc2s1)OCc1cccnc1. The van der Waals surface area contributed by atoms with Crippen molar-refractivity contribution in [2.75, 3.05) is 5.32 Å². The van der Waals surface area contributed by atoms with Crippen molar-refractivity contribution in [3.63, 3.8) is 0 Å². The molecule has 0 aliphatic rings. The van der Waals surface area contributed by atoms with Crippen molar-refractivity contribution >= 4 is 55.8 Å². The van der Waals surface area contributed by atoms with Crippen molar-refractivity contribution in [2.24, 2.45) is 0 Å². The van der Waals surface area contributed by atoms with Gasteiger partial charge in [-0.05, 0) is 23.6 Å². The average molecular weight is 439 g/mol. The number of nitrogens with zero attached hydrogens (tertiary/aromatic N) is 3. The van der Waals surface area contributed by atoms with Crippen LogP contribution in [-0.4, -0.2) is 32.9 Å². The first kappa shape index (κ1) is 19.6. The summed E-state index contributed by atoms with van der Waals surface area (Å²) < 4.78 is 5.84. The Hall–Kier alpha value is -3.70. The summed E-state index contributed by atoms with van der Waals surface area (Å²) in [6, 6.07) is 6.73. The monoisotopic (exact) mass is 439 g/mol. The highest BCUT2D eigenvalue weighted by Gasteiger charge is 2.20. The predicted molar refractivity (Wildman–Crippen MR) is 112 cm³/mol. The number of carbonyl (C=O) groups excluding carboxylic acids is 3. The third-order valence-electron chi connectivity index (χ3n) is 3.83. The van der Waals surface area contributed by atoms with Gasteiger partial charge in [0.15, 0.2) is 5.01 Å². The van der Waals surface area contributed by atoms with Gasteiger partial charge in [-0.25, -0.2) is 9.78 Å². The predicted octanol–water partition coefficient (Wildman–Crippen LogP) is 3.47. The van der Waals surface area contributed by atoms with E-state index in [1.54, 1.807) is 48.4 Å². The van der Waals surface area contributed by atoms with Crippen LogP contribution in [0.5, 0.6) is 0 Å². The molecule has 0 atom stereocenters. The molecule has 0 fully saturated rings. The highest BCUT2D eigenvalue weighted by molar-refractivity contribution is 7.20. The zero-order valence-corrected chi connectivity index (χ0v) is 16.8. The highest BCUT2D eigenvalue weighted by Crippen LogP contribution is 2.26. The third kappa shape index (κ3) is 4.47. The van der Waals surface area contributed by atoms with Gasteiger partial charge in [0.25, 0.3) is 11.8 Å². The Morgan fingerprint density at radius 2 is 1.90 bits per heavy atom. The van der Waals surface area contributed by atoms with Crippen LogP contribution in [0, 0.1) is 0 Å². The van der Waals surface area contributed by atoms with Gasteiger partial charge in [0, 0.05) is 24.2 Å². The summed E-state index contributed by atoms with van der Waals surface area (Å²) in [4.78, 5) is 49.0. The van der Waals surface area contributed by atoms with E-state index in [0.717, 1.165) is 16.0 Å². The largest absolute Gasteiger partial charge is 0.444 e. The van der Waals surface area contributed by atoms with E-state index in [1.807, 2.05) is 0 Å². The molecule has 4 aromatic rings. The van der Waals surface area contributed by atoms with Crippen LogP contribution in [0.3, 0.4) is 0 Å². The van der Waals surface area contributed by atoms with Gasteiger partial charge in [0.2, 0.25) is 0 Å². The molecule has 0 bridgehead atoms. The second kappa shape index (κ2) is 8.76. The van der Waals surface area contributed by atoms with Crippen molar-refractivity contribution in [1.29, 1.82) is 0 Å². The molecule has 150 valence electrons. The molecule has 4 heterocycles. The molecule has 0 saturated heterocycles.